The highest BCUT2D eigenvalue weighted by Crippen LogP contribution is 2.30. The molecular formula is C13H20N4. The Kier molecular flexibility index (Phi) is 3.31. The van der Waals surface area contributed by atoms with Crippen LogP contribution in [-0.4, -0.2) is 23.4 Å². The summed E-state index contributed by atoms with van der Waals surface area (Å²) >= 11 is 0. The Morgan fingerprint density at radius 3 is 3.00 bits per heavy atom. The lowest BCUT2D eigenvalue weighted by Gasteiger charge is -2.30. The van der Waals surface area contributed by atoms with Crippen molar-refractivity contribution < 1.29 is 0 Å². The molecule has 0 radical (unpaired) electrons. The van der Waals surface area contributed by atoms with Crippen molar-refractivity contribution in [3.8, 4) is 0 Å². The summed E-state index contributed by atoms with van der Waals surface area (Å²) in [4.78, 5) is 6.58. The van der Waals surface area contributed by atoms with Crippen molar-refractivity contribution in [3.05, 3.63) is 24.0 Å². The van der Waals surface area contributed by atoms with Crippen LogP contribution in [0.4, 0.5) is 5.69 Å². The molecule has 0 bridgehead atoms. The monoisotopic (exact) mass is 232 g/mol. The van der Waals surface area contributed by atoms with Gasteiger partial charge in [-0.15, -0.1) is 0 Å². The van der Waals surface area contributed by atoms with Crippen LogP contribution < -0.4 is 10.6 Å². The number of nitrogens with one attached hydrogen (secondary N) is 1. The summed E-state index contributed by atoms with van der Waals surface area (Å²) in [6, 6.07) is 4.47. The Labute approximate surface area is 102 Å². The summed E-state index contributed by atoms with van der Waals surface area (Å²) in [7, 11) is 0. The van der Waals surface area contributed by atoms with Gasteiger partial charge in [0.15, 0.2) is 0 Å². The minimum Gasteiger partial charge on any atom is -0.382 e. The SMILES string of the molecule is CC(C)C1CCCN1c1cccnc1C(=N)N. The van der Waals surface area contributed by atoms with Crippen LogP contribution in [0.3, 0.4) is 0 Å². The third kappa shape index (κ3) is 2.25. The molecule has 4 heteroatoms. The van der Waals surface area contributed by atoms with Gasteiger partial charge in [0, 0.05) is 18.8 Å². The second kappa shape index (κ2) is 4.73. The van der Waals surface area contributed by atoms with E-state index in [9.17, 15) is 0 Å². The number of hydrogen-bond acceptors (Lipinski definition) is 3. The van der Waals surface area contributed by atoms with Crippen molar-refractivity contribution >= 4 is 11.5 Å². The topological polar surface area (TPSA) is 66.0 Å². The first-order chi connectivity index (χ1) is 8.11. The molecule has 0 amide bonds. The van der Waals surface area contributed by atoms with E-state index in [1.807, 2.05) is 12.1 Å². The standard InChI is InChI=1S/C13H20N4/c1-9(2)10-6-4-8-17(10)11-5-3-7-16-12(11)13(14)15/h3,5,7,9-10H,4,6,8H2,1-2H3,(H3,14,15). The fourth-order valence-electron chi connectivity index (χ4n) is 2.62. The van der Waals surface area contributed by atoms with E-state index >= 15 is 0 Å². The lowest BCUT2D eigenvalue weighted by atomic mass is 10.0. The van der Waals surface area contributed by atoms with Crippen LogP contribution in [0.15, 0.2) is 18.3 Å². The molecule has 1 atom stereocenters. The molecule has 1 aliphatic rings. The van der Waals surface area contributed by atoms with Crippen molar-refractivity contribution in [2.24, 2.45) is 11.7 Å². The lowest BCUT2D eigenvalue weighted by Crippen LogP contribution is -2.35. The fourth-order valence-corrected chi connectivity index (χ4v) is 2.62. The zero-order valence-corrected chi connectivity index (χ0v) is 10.5. The number of hydrogen-bond donors (Lipinski definition) is 2. The molecule has 2 rings (SSSR count). The molecule has 1 aromatic heterocycles. The van der Waals surface area contributed by atoms with Gasteiger partial charge in [-0.2, -0.15) is 0 Å². The third-order valence-corrected chi connectivity index (χ3v) is 3.42. The molecule has 3 N–H and O–H groups in total. The summed E-state index contributed by atoms with van der Waals surface area (Å²) in [5.41, 5.74) is 7.22. The van der Waals surface area contributed by atoms with Crippen LogP contribution in [0.25, 0.3) is 0 Å². The lowest BCUT2D eigenvalue weighted by molar-refractivity contribution is 0.491. The predicted molar refractivity (Wildman–Crippen MR) is 70.5 cm³/mol. The number of anilines is 1. The summed E-state index contributed by atoms with van der Waals surface area (Å²) in [5.74, 6) is 0.660. The number of nitrogen functional groups attached to an aromatic ring is 1. The summed E-state index contributed by atoms with van der Waals surface area (Å²) in [5, 5.41) is 7.60. The van der Waals surface area contributed by atoms with Gasteiger partial charge in [-0.3, -0.25) is 10.4 Å². The van der Waals surface area contributed by atoms with Crippen LogP contribution in [0.1, 0.15) is 32.4 Å². The molecule has 0 saturated carbocycles. The molecule has 17 heavy (non-hydrogen) atoms. The molecule has 0 aliphatic carbocycles. The Bertz CT molecular complexity index is 414. The molecule has 92 valence electrons. The van der Waals surface area contributed by atoms with E-state index in [-0.39, 0.29) is 5.84 Å². The van der Waals surface area contributed by atoms with E-state index in [1.54, 1.807) is 6.20 Å². The Morgan fingerprint density at radius 2 is 2.35 bits per heavy atom. The van der Waals surface area contributed by atoms with Crippen molar-refractivity contribution in [2.75, 3.05) is 11.4 Å². The highest BCUT2D eigenvalue weighted by Gasteiger charge is 2.29. The normalized spacial score (nSPS) is 19.9. The molecule has 1 unspecified atom stereocenters. The number of aromatic nitrogens is 1. The van der Waals surface area contributed by atoms with Gasteiger partial charge in [-0.1, -0.05) is 13.8 Å². The Morgan fingerprint density at radius 1 is 1.59 bits per heavy atom. The first-order valence-corrected chi connectivity index (χ1v) is 6.17. The van der Waals surface area contributed by atoms with Gasteiger partial charge in [0.1, 0.15) is 11.5 Å². The molecule has 1 aromatic rings. The van der Waals surface area contributed by atoms with Gasteiger partial charge in [0.05, 0.1) is 5.69 Å². The maximum absolute atomic E-state index is 7.60. The van der Waals surface area contributed by atoms with Gasteiger partial charge in [0.2, 0.25) is 0 Å². The Balaban J connectivity index is 2.36. The van der Waals surface area contributed by atoms with Gasteiger partial charge >= 0.3 is 0 Å². The predicted octanol–water partition coefficient (Wildman–Crippen LogP) is 1.99. The van der Waals surface area contributed by atoms with Crippen molar-refractivity contribution in [1.29, 1.82) is 5.41 Å². The minimum absolute atomic E-state index is 0.0509. The fraction of sp³-hybridized carbons (Fsp3) is 0.538. The number of rotatable bonds is 3. The van der Waals surface area contributed by atoms with E-state index in [4.69, 9.17) is 11.1 Å². The first kappa shape index (κ1) is 11.9. The largest absolute Gasteiger partial charge is 0.382 e. The highest BCUT2D eigenvalue weighted by molar-refractivity contribution is 5.98. The molecule has 0 aromatic carbocycles. The van der Waals surface area contributed by atoms with Crippen LogP contribution in [-0.2, 0) is 0 Å². The molecular weight excluding hydrogens is 212 g/mol. The smallest absolute Gasteiger partial charge is 0.143 e. The number of nitrogens with zero attached hydrogens (tertiary/aromatic N) is 2. The van der Waals surface area contributed by atoms with Crippen LogP contribution in [0, 0.1) is 11.3 Å². The van der Waals surface area contributed by atoms with Crippen LogP contribution in [0.2, 0.25) is 0 Å². The molecule has 1 saturated heterocycles. The average molecular weight is 232 g/mol. The number of nitrogens with two attached hydrogens (primary N) is 1. The van der Waals surface area contributed by atoms with Gasteiger partial charge in [-0.05, 0) is 30.9 Å². The van der Waals surface area contributed by atoms with E-state index in [1.165, 1.54) is 12.8 Å². The number of pyridine rings is 1. The number of amidine groups is 1. The minimum atomic E-state index is 0.0509. The van der Waals surface area contributed by atoms with E-state index in [0.717, 1.165) is 12.2 Å². The Hall–Kier alpha value is -1.58. The molecule has 2 heterocycles. The van der Waals surface area contributed by atoms with Crippen LogP contribution >= 0.6 is 0 Å². The first-order valence-electron chi connectivity index (χ1n) is 6.17. The summed E-state index contributed by atoms with van der Waals surface area (Å²) in [6.07, 6.45) is 4.11. The van der Waals surface area contributed by atoms with Gasteiger partial charge < -0.3 is 10.6 Å². The van der Waals surface area contributed by atoms with Gasteiger partial charge in [0.25, 0.3) is 0 Å². The van der Waals surface area contributed by atoms with E-state index in [2.05, 4.69) is 23.7 Å². The van der Waals surface area contributed by atoms with E-state index in [0.29, 0.717) is 17.7 Å². The summed E-state index contributed by atoms with van der Waals surface area (Å²) < 4.78 is 0. The second-order valence-corrected chi connectivity index (χ2v) is 4.93. The average Bonchev–Trinajstić information content (AvgIpc) is 2.77. The van der Waals surface area contributed by atoms with Crippen molar-refractivity contribution in [1.82, 2.24) is 4.98 Å². The highest BCUT2D eigenvalue weighted by atomic mass is 15.2. The third-order valence-electron chi connectivity index (χ3n) is 3.42. The molecule has 1 fully saturated rings. The zero-order valence-electron chi connectivity index (χ0n) is 10.5. The van der Waals surface area contributed by atoms with E-state index < -0.39 is 0 Å². The van der Waals surface area contributed by atoms with Gasteiger partial charge in [-0.25, -0.2) is 0 Å². The van der Waals surface area contributed by atoms with Crippen molar-refractivity contribution in [3.63, 3.8) is 0 Å². The molecule has 1 aliphatic heterocycles. The molecule has 0 spiro atoms. The molecule has 4 nitrogen and oxygen atoms in total. The maximum atomic E-state index is 7.60. The summed E-state index contributed by atoms with van der Waals surface area (Å²) in [6.45, 7) is 5.52. The maximum Gasteiger partial charge on any atom is 0.143 e. The van der Waals surface area contributed by atoms with Crippen molar-refractivity contribution in [2.45, 2.75) is 32.7 Å². The second-order valence-electron chi connectivity index (χ2n) is 4.93. The van der Waals surface area contributed by atoms with Crippen LogP contribution in [0.5, 0.6) is 0 Å². The zero-order chi connectivity index (χ0) is 12.4. The quantitative estimate of drug-likeness (QED) is 0.618.